The number of carbonyl (C=O) groups is 2. The van der Waals surface area contributed by atoms with Gasteiger partial charge in [0.25, 0.3) is 0 Å². The molecule has 0 aliphatic carbocycles. The minimum absolute atomic E-state index is 0.146. The third kappa shape index (κ3) is 6.87. The lowest BCUT2D eigenvalue weighted by molar-refractivity contribution is -0.145. The zero-order valence-electron chi connectivity index (χ0n) is 17.5. The Labute approximate surface area is 200 Å². The molecule has 0 radical (unpaired) electrons. The van der Waals surface area contributed by atoms with Crippen LogP contribution >= 0.6 is 23.2 Å². The molecule has 1 amide bonds. The fraction of sp³-hybridized carbons (Fsp3) is 0.364. The molecule has 2 N–H and O–H groups in total. The van der Waals surface area contributed by atoms with Gasteiger partial charge >= 0.3 is 22.5 Å². The maximum Gasteiger partial charge on any atom is 0.319 e. The predicted molar refractivity (Wildman–Crippen MR) is 127 cm³/mol. The van der Waals surface area contributed by atoms with E-state index < -0.39 is 0 Å². The molecular weight excluding hydrogens is 452 g/mol. The minimum atomic E-state index is -0.279. The average Bonchev–Trinajstić information content (AvgIpc) is 2.76. The summed E-state index contributed by atoms with van der Waals surface area (Å²) in [6.07, 6.45) is 1.85. The number of esters is 1. The first kappa shape index (κ1) is 23.9. The summed E-state index contributed by atoms with van der Waals surface area (Å²) >= 11 is 13.3. The van der Waals surface area contributed by atoms with Crippen molar-refractivity contribution in [3.05, 3.63) is 58.1 Å². The van der Waals surface area contributed by atoms with Crippen molar-refractivity contribution in [2.75, 3.05) is 31.6 Å². The Bertz CT molecular complexity index is 900. The second kappa shape index (κ2) is 11.8. The number of nitrogens with zero attached hydrogens (tertiary/aromatic N) is 1. The molecule has 6 nitrogen and oxygen atoms in total. The summed E-state index contributed by atoms with van der Waals surface area (Å²) < 4.78 is 8.58. The molecule has 9 heteroatoms. The van der Waals surface area contributed by atoms with E-state index in [1.807, 2.05) is 29.2 Å². The molecule has 1 aliphatic heterocycles. The van der Waals surface area contributed by atoms with Crippen molar-refractivity contribution in [1.29, 1.82) is 0 Å². The topological polar surface area (TPSA) is 70.7 Å². The highest BCUT2D eigenvalue weighted by atomic mass is 35.5. The number of piperidine rings is 1. The molecule has 3 rings (SSSR count). The van der Waals surface area contributed by atoms with E-state index >= 15 is 0 Å². The highest BCUT2D eigenvalue weighted by molar-refractivity contribution is 6.39. The maximum absolute atomic E-state index is 12.5. The molecule has 31 heavy (non-hydrogen) atoms. The van der Waals surface area contributed by atoms with Crippen LogP contribution in [0.3, 0.4) is 0 Å². The van der Waals surface area contributed by atoms with Gasteiger partial charge in [-0.05, 0) is 42.5 Å². The fourth-order valence-corrected chi connectivity index (χ4v) is 4.37. The van der Waals surface area contributed by atoms with Gasteiger partial charge in [-0.15, -0.1) is 0 Å². The largest absolute Gasteiger partial charge is 0.465 e. The van der Waals surface area contributed by atoms with Crippen LogP contribution in [-0.4, -0.2) is 59.5 Å². The molecular formula is C22H26AlCl2N3O3. The van der Waals surface area contributed by atoms with E-state index in [0.717, 1.165) is 53.7 Å². The SMILES string of the molecule is O=C(Cc1ccccc1Nc1c(Cl)cccc1Cl)OCC1CCN(C(=O)C[NH][AlH2])CC1. The summed E-state index contributed by atoms with van der Waals surface area (Å²) in [6, 6.07) is 12.8. The highest BCUT2D eigenvalue weighted by Gasteiger charge is 2.23. The normalized spacial score (nSPS) is 14.3. The van der Waals surface area contributed by atoms with E-state index in [-0.39, 0.29) is 24.2 Å². The van der Waals surface area contributed by atoms with Crippen molar-refractivity contribution in [2.24, 2.45) is 5.92 Å². The van der Waals surface area contributed by atoms with E-state index in [2.05, 4.69) is 9.62 Å². The molecule has 1 saturated heterocycles. The second-order valence-corrected chi connectivity index (χ2v) is 9.11. The first-order valence-electron chi connectivity index (χ1n) is 10.3. The summed E-state index contributed by atoms with van der Waals surface area (Å²) in [5.41, 5.74) is 2.17. The monoisotopic (exact) mass is 477 g/mol. The van der Waals surface area contributed by atoms with Gasteiger partial charge in [-0.25, -0.2) is 0 Å². The number of ether oxygens (including phenoxy) is 1. The number of nitrogens with one attached hydrogen (secondary N) is 2. The minimum Gasteiger partial charge on any atom is -0.465 e. The van der Waals surface area contributed by atoms with Crippen molar-refractivity contribution in [2.45, 2.75) is 19.3 Å². The van der Waals surface area contributed by atoms with Gasteiger partial charge in [0.15, 0.2) is 0 Å². The molecule has 2 aromatic carbocycles. The zero-order chi connectivity index (χ0) is 22.2. The zero-order valence-corrected chi connectivity index (χ0v) is 21.0. The van der Waals surface area contributed by atoms with E-state index in [1.165, 1.54) is 0 Å². The van der Waals surface area contributed by atoms with Gasteiger partial charge in [0.2, 0.25) is 5.91 Å². The summed E-state index contributed by atoms with van der Waals surface area (Å²) in [7, 11) is 0. The molecule has 164 valence electrons. The van der Waals surface area contributed by atoms with E-state index in [1.54, 1.807) is 18.2 Å². The van der Waals surface area contributed by atoms with Gasteiger partial charge < -0.3 is 19.3 Å². The molecule has 0 bridgehead atoms. The quantitative estimate of drug-likeness (QED) is 0.451. The number of anilines is 2. The van der Waals surface area contributed by atoms with Crippen LogP contribution in [0.15, 0.2) is 42.5 Å². The first-order valence-corrected chi connectivity index (χ1v) is 12.1. The summed E-state index contributed by atoms with van der Waals surface area (Å²) in [4.78, 5) is 26.3. The number of para-hydroxylation sites is 2. The standard InChI is InChI=1S/C22H24Cl2N3O3.Al.2H/c23-17-5-3-6-18(24)22(17)26-19-7-2-1-4-16(19)12-21(29)30-14-15-8-10-27(11-9-15)20(28)13-25;;;/h1-7,15,25-26H,8-14H2;;;/q-1;+1;;. The lowest BCUT2D eigenvalue weighted by Gasteiger charge is -2.31. The van der Waals surface area contributed by atoms with Crippen LogP contribution in [0.4, 0.5) is 11.4 Å². The van der Waals surface area contributed by atoms with E-state index in [9.17, 15) is 9.59 Å². The maximum atomic E-state index is 12.5. The number of carbonyl (C=O) groups excluding carboxylic acids is 2. The van der Waals surface area contributed by atoms with Gasteiger partial charge in [0, 0.05) is 18.8 Å². The lowest BCUT2D eigenvalue weighted by atomic mass is 9.98. The van der Waals surface area contributed by atoms with Crippen LogP contribution in [-0.2, 0) is 20.7 Å². The van der Waals surface area contributed by atoms with Crippen LogP contribution < -0.4 is 9.62 Å². The van der Waals surface area contributed by atoms with Crippen molar-refractivity contribution < 1.29 is 14.3 Å². The van der Waals surface area contributed by atoms with Gasteiger partial charge in [0.1, 0.15) is 0 Å². The number of hydrogen-bond acceptors (Lipinski definition) is 5. The van der Waals surface area contributed by atoms with Gasteiger partial charge in [-0.2, -0.15) is 0 Å². The highest BCUT2D eigenvalue weighted by Crippen LogP contribution is 2.33. The van der Waals surface area contributed by atoms with E-state index in [4.69, 9.17) is 27.9 Å². The molecule has 0 unspecified atom stereocenters. The molecule has 0 spiro atoms. The predicted octanol–water partition coefficient (Wildman–Crippen LogP) is 3.20. The van der Waals surface area contributed by atoms with Crippen LogP contribution in [0.5, 0.6) is 0 Å². The van der Waals surface area contributed by atoms with Crippen molar-refractivity contribution >= 4 is 63.0 Å². The molecule has 0 atom stereocenters. The molecule has 2 aromatic rings. The summed E-state index contributed by atoms with van der Waals surface area (Å²) in [5.74, 6) is 0.151. The number of likely N-dealkylation sites (tertiary alicyclic amines) is 1. The van der Waals surface area contributed by atoms with E-state index in [0.29, 0.717) is 28.9 Å². The Morgan fingerprint density at radius 1 is 1.06 bits per heavy atom. The van der Waals surface area contributed by atoms with Crippen molar-refractivity contribution in [3.8, 4) is 0 Å². The Balaban J connectivity index is 1.52. The average molecular weight is 478 g/mol. The number of hydrogen-bond donors (Lipinski definition) is 2. The third-order valence-corrected chi connectivity index (χ3v) is 6.33. The Kier molecular flexibility index (Phi) is 9.06. The number of benzene rings is 2. The van der Waals surface area contributed by atoms with Crippen LogP contribution in [0.1, 0.15) is 18.4 Å². The first-order chi connectivity index (χ1) is 15.0. The molecule has 1 aliphatic rings. The molecule has 0 saturated carbocycles. The fourth-order valence-electron chi connectivity index (χ4n) is 3.58. The third-order valence-electron chi connectivity index (χ3n) is 5.35. The van der Waals surface area contributed by atoms with Crippen LogP contribution in [0.25, 0.3) is 0 Å². The van der Waals surface area contributed by atoms with Crippen LogP contribution in [0, 0.1) is 5.92 Å². The van der Waals surface area contributed by atoms with Crippen LogP contribution in [0.2, 0.25) is 10.0 Å². The Hall–Kier alpha value is -1.75. The molecule has 1 fully saturated rings. The Morgan fingerprint density at radius 2 is 1.74 bits per heavy atom. The molecule has 1 heterocycles. The van der Waals surface area contributed by atoms with Crippen molar-refractivity contribution in [3.63, 3.8) is 0 Å². The molecule has 0 aromatic heterocycles. The number of rotatable bonds is 8. The second-order valence-electron chi connectivity index (χ2n) is 7.59. The van der Waals surface area contributed by atoms with Gasteiger partial charge in [0.05, 0.1) is 35.3 Å². The van der Waals surface area contributed by atoms with Gasteiger partial charge in [-0.3, -0.25) is 9.59 Å². The number of halogens is 2. The summed E-state index contributed by atoms with van der Waals surface area (Å²) in [5, 5.41) is 4.25. The van der Waals surface area contributed by atoms with Crippen molar-refractivity contribution in [1.82, 2.24) is 9.20 Å². The summed E-state index contributed by atoms with van der Waals surface area (Å²) in [6.45, 7) is 2.23. The smallest absolute Gasteiger partial charge is 0.319 e. The number of amides is 1. The Morgan fingerprint density at radius 3 is 2.42 bits per heavy atom. The lowest BCUT2D eigenvalue weighted by Crippen LogP contribution is -2.43. The van der Waals surface area contributed by atoms with Gasteiger partial charge in [-0.1, -0.05) is 47.5 Å².